The number of nitrogens with one attached hydrogen (secondary N) is 2. The predicted octanol–water partition coefficient (Wildman–Crippen LogP) is 5.15. The molecule has 214 valence electrons. The standard InChI is InChI=1S/C18H21Cl2N3O2.C14H12O2/c19-14-5-1-12(2-6-14)17(13-3-7-15(20)8-4-13)23-18(25)16(11-21)22-9-10-24;15-14(13-9-5-2-6-10-13)16-11-12-7-3-1-4-8-12/h1-8,16-17,22,24H,9-11,21H2,(H,23,25);1-10H,11H2. The van der Waals surface area contributed by atoms with Gasteiger partial charge in [-0.25, -0.2) is 4.79 Å². The van der Waals surface area contributed by atoms with Gasteiger partial charge < -0.3 is 26.2 Å². The molecule has 0 aliphatic carbocycles. The molecular formula is C32H33Cl2N3O4. The highest BCUT2D eigenvalue weighted by Crippen LogP contribution is 2.25. The molecule has 0 saturated heterocycles. The lowest BCUT2D eigenvalue weighted by atomic mass is 9.98. The molecule has 1 unspecified atom stereocenters. The summed E-state index contributed by atoms with van der Waals surface area (Å²) >= 11 is 11.9. The lowest BCUT2D eigenvalue weighted by Gasteiger charge is -2.23. The Balaban J connectivity index is 0.000000248. The number of aliphatic hydroxyl groups excluding tert-OH is 1. The zero-order chi connectivity index (χ0) is 29.5. The van der Waals surface area contributed by atoms with Crippen LogP contribution in [0.1, 0.15) is 33.1 Å². The molecule has 0 aliphatic rings. The van der Waals surface area contributed by atoms with E-state index in [1.54, 1.807) is 36.4 Å². The summed E-state index contributed by atoms with van der Waals surface area (Å²) in [6, 6.07) is 32.2. The van der Waals surface area contributed by atoms with E-state index in [9.17, 15) is 9.59 Å². The number of hydrogen-bond donors (Lipinski definition) is 4. The summed E-state index contributed by atoms with van der Waals surface area (Å²) in [6.07, 6.45) is 0. The third-order valence-corrected chi connectivity index (χ3v) is 6.47. The third kappa shape index (κ3) is 10.6. The minimum Gasteiger partial charge on any atom is -0.457 e. The Bertz CT molecular complexity index is 1290. The zero-order valence-electron chi connectivity index (χ0n) is 22.4. The van der Waals surface area contributed by atoms with E-state index in [-0.39, 0.29) is 31.1 Å². The van der Waals surface area contributed by atoms with Crippen molar-refractivity contribution in [2.45, 2.75) is 18.7 Å². The van der Waals surface area contributed by atoms with Gasteiger partial charge in [0.1, 0.15) is 6.61 Å². The normalized spacial score (nSPS) is 11.2. The second-order valence-electron chi connectivity index (χ2n) is 8.94. The average Bonchev–Trinajstić information content (AvgIpc) is 3.01. The van der Waals surface area contributed by atoms with Crippen LogP contribution in [0.3, 0.4) is 0 Å². The summed E-state index contributed by atoms with van der Waals surface area (Å²) in [7, 11) is 0. The Labute approximate surface area is 250 Å². The predicted molar refractivity (Wildman–Crippen MR) is 163 cm³/mol. The second-order valence-corrected chi connectivity index (χ2v) is 9.81. The smallest absolute Gasteiger partial charge is 0.338 e. The quantitative estimate of drug-likeness (QED) is 0.179. The van der Waals surface area contributed by atoms with Crippen molar-refractivity contribution in [1.82, 2.24) is 10.6 Å². The molecule has 4 aromatic rings. The van der Waals surface area contributed by atoms with Gasteiger partial charge in [-0.05, 0) is 53.1 Å². The lowest BCUT2D eigenvalue weighted by molar-refractivity contribution is -0.123. The highest BCUT2D eigenvalue weighted by Gasteiger charge is 2.22. The number of ether oxygens (including phenoxy) is 1. The zero-order valence-corrected chi connectivity index (χ0v) is 23.9. The molecule has 9 heteroatoms. The van der Waals surface area contributed by atoms with Crippen LogP contribution in [-0.4, -0.2) is 42.7 Å². The summed E-state index contributed by atoms with van der Waals surface area (Å²) in [4.78, 5) is 24.2. The number of benzene rings is 4. The van der Waals surface area contributed by atoms with Crippen LogP contribution in [0.25, 0.3) is 0 Å². The van der Waals surface area contributed by atoms with Gasteiger partial charge in [-0.2, -0.15) is 0 Å². The highest BCUT2D eigenvalue weighted by molar-refractivity contribution is 6.30. The van der Waals surface area contributed by atoms with Crippen molar-refractivity contribution >= 4 is 35.1 Å². The van der Waals surface area contributed by atoms with E-state index < -0.39 is 6.04 Å². The van der Waals surface area contributed by atoms with Crippen LogP contribution in [0.15, 0.2) is 109 Å². The first-order valence-electron chi connectivity index (χ1n) is 13.0. The summed E-state index contributed by atoms with van der Waals surface area (Å²) in [6.45, 7) is 0.664. The minimum absolute atomic E-state index is 0.0679. The van der Waals surface area contributed by atoms with Crippen LogP contribution in [0.2, 0.25) is 10.0 Å². The van der Waals surface area contributed by atoms with Crippen LogP contribution in [0.5, 0.6) is 0 Å². The fourth-order valence-corrected chi connectivity index (χ4v) is 4.07. The second kappa shape index (κ2) is 17.2. The van der Waals surface area contributed by atoms with Gasteiger partial charge in [0.2, 0.25) is 5.91 Å². The maximum atomic E-state index is 12.6. The first-order valence-corrected chi connectivity index (χ1v) is 13.8. The van der Waals surface area contributed by atoms with Crippen LogP contribution >= 0.6 is 23.2 Å². The van der Waals surface area contributed by atoms with Gasteiger partial charge in [0.05, 0.1) is 24.3 Å². The van der Waals surface area contributed by atoms with E-state index in [0.29, 0.717) is 28.8 Å². The highest BCUT2D eigenvalue weighted by atomic mass is 35.5. The number of amides is 1. The molecule has 1 amide bonds. The van der Waals surface area contributed by atoms with E-state index >= 15 is 0 Å². The van der Waals surface area contributed by atoms with Crippen molar-refractivity contribution < 1.29 is 19.4 Å². The molecule has 0 bridgehead atoms. The molecule has 4 aromatic carbocycles. The van der Waals surface area contributed by atoms with Crippen LogP contribution in [0.4, 0.5) is 0 Å². The monoisotopic (exact) mass is 593 g/mol. The third-order valence-electron chi connectivity index (χ3n) is 5.97. The number of carbonyl (C=O) groups excluding carboxylic acids is 2. The van der Waals surface area contributed by atoms with E-state index in [4.69, 9.17) is 38.8 Å². The van der Waals surface area contributed by atoms with Crippen molar-refractivity contribution in [3.05, 3.63) is 141 Å². The molecule has 0 aliphatic heterocycles. The molecule has 0 radical (unpaired) electrons. The molecular weight excluding hydrogens is 561 g/mol. The molecule has 0 fully saturated rings. The molecule has 1 atom stereocenters. The van der Waals surface area contributed by atoms with Crippen molar-refractivity contribution in [2.24, 2.45) is 5.73 Å². The Morgan fingerprint density at radius 3 is 1.78 bits per heavy atom. The first-order chi connectivity index (χ1) is 19.9. The summed E-state index contributed by atoms with van der Waals surface area (Å²) in [5, 5.41) is 16.1. The van der Waals surface area contributed by atoms with Gasteiger partial charge in [-0.3, -0.25) is 4.79 Å². The van der Waals surface area contributed by atoms with E-state index in [2.05, 4.69) is 10.6 Å². The van der Waals surface area contributed by atoms with Crippen LogP contribution < -0.4 is 16.4 Å². The number of hydrogen-bond acceptors (Lipinski definition) is 6. The SMILES string of the molecule is NCC(NCCO)C(=O)NC(c1ccc(Cl)cc1)c1ccc(Cl)cc1.O=C(OCc1ccccc1)c1ccccc1. The van der Waals surface area contributed by atoms with Crippen LogP contribution in [0, 0.1) is 0 Å². The van der Waals surface area contributed by atoms with E-state index in [1.165, 1.54) is 0 Å². The molecule has 0 spiro atoms. The Morgan fingerprint density at radius 2 is 1.29 bits per heavy atom. The molecule has 7 nitrogen and oxygen atoms in total. The maximum Gasteiger partial charge on any atom is 0.338 e. The molecule has 0 heterocycles. The Kier molecular flexibility index (Phi) is 13.3. The molecule has 5 N–H and O–H groups in total. The van der Waals surface area contributed by atoms with Gasteiger partial charge in [0.25, 0.3) is 0 Å². The molecule has 4 rings (SSSR count). The largest absolute Gasteiger partial charge is 0.457 e. The number of esters is 1. The van der Waals surface area contributed by atoms with E-state index in [1.807, 2.05) is 72.8 Å². The summed E-state index contributed by atoms with van der Waals surface area (Å²) in [5.74, 6) is -0.532. The first kappa shape index (κ1) is 31.8. The number of rotatable bonds is 11. The fraction of sp³-hybridized carbons (Fsp3) is 0.188. The van der Waals surface area contributed by atoms with Gasteiger partial charge in [-0.1, -0.05) is 96.0 Å². The fourth-order valence-electron chi connectivity index (χ4n) is 3.81. The van der Waals surface area contributed by atoms with Crippen molar-refractivity contribution in [2.75, 3.05) is 19.7 Å². The van der Waals surface area contributed by atoms with Crippen molar-refractivity contribution in [3.8, 4) is 0 Å². The Morgan fingerprint density at radius 1 is 0.780 bits per heavy atom. The van der Waals surface area contributed by atoms with E-state index in [0.717, 1.165) is 16.7 Å². The summed E-state index contributed by atoms with van der Waals surface area (Å²) in [5.41, 5.74) is 9.02. The minimum atomic E-state index is -0.589. The molecule has 41 heavy (non-hydrogen) atoms. The Hall–Kier alpha value is -3.72. The topological polar surface area (TPSA) is 114 Å². The lowest BCUT2D eigenvalue weighted by Crippen LogP contribution is -2.50. The number of aliphatic hydroxyl groups is 1. The van der Waals surface area contributed by atoms with Gasteiger partial charge >= 0.3 is 5.97 Å². The van der Waals surface area contributed by atoms with Crippen molar-refractivity contribution in [3.63, 3.8) is 0 Å². The van der Waals surface area contributed by atoms with Crippen LogP contribution in [-0.2, 0) is 16.1 Å². The van der Waals surface area contributed by atoms with Gasteiger partial charge in [-0.15, -0.1) is 0 Å². The molecule has 0 saturated carbocycles. The number of nitrogens with two attached hydrogens (primary N) is 1. The number of halogens is 2. The van der Waals surface area contributed by atoms with Crippen molar-refractivity contribution in [1.29, 1.82) is 0 Å². The maximum absolute atomic E-state index is 12.6. The van der Waals surface area contributed by atoms with Gasteiger partial charge in [0, 0.05) is 23.1 Å². The molecule has 0 aromatic heterocycles. The summed E-state index contributed by atoms with van der Waals surface area (Å²) < 4.78 is 5.18. The average molecular weight is 595 g/mol. The van der Waals surface area contributed by atoms with Gasteiger partial charge in [0.15, 0.2) is 0 Å². The number of carbonyl (C=O) groups is 2.